The fourth-order valence-electron chi connectivity index (χ4n) is 1.87. The highest BCUT2D eigenvalue weighted by Gasteiger charge is 2.22. The van der Waals surface area contributed by atoms with Crippen LogP contribution in [0.25, 0.3) is 0 Å². The number of aryl methyl sites for hydroxylation is 2. The van der Waals surface area contributed by atoms with Crippen molar-refractivity contribution in [2.75, 3.05) is 5.75 Å². The second-order valence-corrected chi connectivity index (χ2v) is 6.61. The molecule has 2 aromatic rings. The molecule has 0 amide bonds. The number of benzene rings is 2. The second kappa shape index (κ2) is 5.42. The number of rotatable bonds is 3. The van der Waals surface area contributed by atoms with Crippen LogP contribution >= 0.6 is 0 Å². The lowest BCUT2D eigenvalue weighted by molar-refractivity contribution is 1.30. The number of hydrogen-bond donors (Lipinski definition) is 0. The maximum absolute atomic E-state index is 2.27. The zero-order valence-electron chi connectivity index (χ0n) is 10.7. The van der Waals surface area contributed by atoms with Crippen LogP contribution in [0.15, 0.2) is 58.3 Å². The van der Waals surface area contributed by atoms with Crippen molar-refractivity contribution in [1.29, 1.82) is 0 Å². The van der Waals surface area contributed by atoms with Crippen LogP contribution in [0.3, 0.4) is 0 Å². The molecule has 0 radical (unpaired) electrons. The molecule has 0 nitrogen and oxygen atoms in total. The Labute approximate surface area is 107 Å². The van der Waals surface area contributed by atoms with E-state index in [1.165, 1.54) is 26.7 Å². The lowest BCUT2D eigenvalue weighted by Gasteiger charge is -2.06. The first-order valence-electron chi connectivity index (χ1n) is 6.05. The predicted molar refractivity (Wildman–Crippen MR) is 76.8 cm³/mol. The first-order chi connectivity index (χ1) is 8.20. The van der Waals surface area contributed by atoms with E-state index in [9.17, 15) is 0 Å². The molecule has 2 aromatic carbocycles. The molecule has 0 atom stereocenters. The van der Waals surface area contributed by atoms with Crippen LogP contribution < -0.4 is 0 Å². The molecule has 0 N–H and O–H groups in total. The van der Waals surface area contributed by atoms with Gasteiger partial charge in [-0.05, 0) is 45.0 Å². The quantitative estimate of drug-likeness (QED) is 0.703. The SMILES string of the molecule is CC[S+](c1ccc(C)cc1)c1ccc(C)cc1. The Morgan fingerprint density at radius 1 is 0.706 bits per heavy atom. The number of hydrogen-bond acceptors (Lipinski definition) is 0. The summed E-state index contributed by atoms with van der Waals surface area (Å²) in [7, 11) is 0.225. The molecule has 0 aliphatic carbocycles. The van der Waals surface area contributed by atoms with Gasteiger partial charge in [-0.2, -0.15) is 0 Å². The van der Waals surface area contributed by atoms with Crippen LogP contribution in [-0.2, 0) is 10.9 Å². The lowest BCUT2D eigenvalue weighted by atomic mass is 10.2. The zero-order valence-corrected chi connectivity index (χ0v) is 11.6. The van der Waals surface area contributed by atoms with E-state index in [-0.39, 0.29) is 10.9 Å². The van der Waals surface area contributed by atoms with Gasteiger partial charge in [0.2, 0.25) is 0 Å². The molecule has 0 heterocycles. The zero-order chi connectivity index (χ0) is 12.3. The summed E-state index contributed by atoms with van der Waals surface area (Å²) in [6.45, 7) is 6.54. The second-order valence-electron chi connectivity index (χ2n) is 4.31. The summed E-state index contributed by atoms with van der Waals surface area (Å²) in [6, 6.07) is 17.9. The van der Waals surface area contributed by atoms with Crippen molar-refractivity contribution in [2.24, 2.45) is 0 Å². The third-order valence-corrected chi connectivity index (χ3v) is 5.16. The summed E-state index contributed by atoms with van der Waals surface area (Å²) >= 11 is 0. The average Bonchev–Trinajstić information content (AvgIpc) is 2.35. The Morgan fingerprint density at radius 2 is 1.06 bits per heavy atom. The summed E-state index contributed by atoms with van der Waals surface area (Å²) in [4.78, 5) is 2.89. The highest BCUT2D eigenvalue weighted by molar-refractivity contribution is 7.97. The maximum Gasteiger partial charge on any atom is 0.160 e. The van der Waals surface area contributed by atoms with Gasteiger partial charge in [0.05, 0.1) is 10.9 Å². The van der Waals surface area contributed by atoms with Gasteiger partial charge in [-0.1, -0.05) is 35.4 Å². The normalized spacial score (nSPS) is 10.8. The topological polar surface area (TPSA) is 0 Å². The van der Waals surface area contributed by atoms with Gasteiger partial charge in [-0.3, -0.25) is 0 Å². The van der Waals surface area contributed by atoms with Crippen molar-refractivity contribution in [3.05, 3.63) is 59.7 Å². The van der Waals surface area contributed by atoms with Crippen molar-refractivity contribution < 1.29 is 0 Å². The van der Waals surface area contributed by atoms with Crippen molar-refractivity contribution in [3.63, 3.8) is 0 Å². The first kappa shape index (κ1) is 12.3. The Morgan fingerprint density at radius 3 is 1.35 bits per heavy atom. The minimum atomic E-state index is 0.225. The third-order valence-electron chi connectivity index (χ3n) is 2.90. The van der Waals surface area contributed by atoms with E-state index >= 15 is 0 Å². The van der Waals surface area contributed by atoms with Crippen LogP contribution in [0, 0.1) is 13.8 Å². The Kier molecular flexibility index (Phi) is 3.90. The summed E-state index contributed by atoms with van der Waals surface area (Å²) in [5.41, 5.74) is 2.66. The fourth-order valence-corrected chi connectivity index (χ4v) is 3.74. The molecule has 1 heteroatoms. The van der Waals surface area contributed by atoms with E-state index in [1.54, 1.807) is 0 Å². The maximum atomic E-state index is 2.27. The summed E-state index contributed by atoms with van der Waals surface area (Å²) in [5, 5.41) is 0. The minimum absolute atomic E-state index is 0.225. The van der Waals surface area contributed by atoms with Gasteiger partial charge in [0.25, 0.3) is 0 Å². The van der Waals surface area contributed by atoms with Gasteiger partial charge in [0.15, 0.2) is 9.79 Å². The summed E-state index contributed by atoms with van der Waals surface area (Å²) in [5.74, 6) is 1.17. The highest BCUT2D eigenvalue weighted by Crippen LogP contribution is 2.24. The fraction of sp³-hybridized carbons (Fsp3) is 0.250. The van der Waals surface area contributed by atoms with Crippen LogP contribution in [0.2, 0.25) is 0 Å². The van der Waals surface area contributed by atoms with Gasteiger partial charge >= 0.3 is 0 Å². The van der Waals surface area contributed by atoms with E-state index in [0.717, 1.165) is 0 Å². The first-order valence-corrected chi connectivity index (χ1v) is 7.44. The van der Waals surface area contributed by atoms with Crippen molar-refractivity contribution in [3.8, 4) is 0 Å². The molecule has 17 heavy (non-hydrogen) atoms. The molecule has 0 saturated heterocycles. The van der Waals surface area contributed by atoms with Crippen molar-refractivity contribution in [1.82, 2.24) is 0 Å². The smallest absolute Gasteiger partial charge is 0.0543 e. The van der Waals surface area contributed by atoms with Gasteiger partial charge in [0, 0.05) is 0 Å². The molecule has 2 rings (SSSR count). The van der Waals surface area contributed by atoms with Crippen LogP contribution in [0.5, 0.6) is 0 Å². The third kappa shape index (κ3) is 2.92. The van der Waals surface area contributed by atoms with Crippen molar-refractivity contribution in [2.45, 2.75) is 30.6 Å². The van der Waals surface area contributed by atoms with Crippen molar-refractivity contribution >= 4 is 10.9 Å². The van der Waals surface area contributed by atoms with E-state index in [1.807, 2.05) is 0 Å². The molecule has 0 aromatic heterocycles. The Balaban J connectivity index is 2.33. The van der Waals surface area contributed by atoms with Gasteiger partial charge in [-0.15, -0.1) is 0 Å². The Hall–Kier alpha value is -1.21. The molecule has 0 spiro atoms. The van der Waals surface area contributed by atoms with Crippen LogP contribution in [0.4, 0.5) is 0 Å². The monoisotopic (exact) mass is 243 g/mol. The molecule has 0 fully saturated rings. The molecule has 0 aliphatic rings. The van der Waals surface area contributed by atoms with Gasteiger partial charge in [-0.25, -0.2) is 0 Å². The Bertz CT molecular complexity index is 422. The van der Waals surface area contributed by atoms with E-state index in [2.05, 4.69) is 69.3 Å². The molecule has 0 saturated carbocycles. The predicted octanol–water partition coefficient (Wildman–Crippen LogP) is 4.36. The summed E-state index contributed by atoms with van der Waals surface area (Å²) < 4.78 is 0. The molecule has 0 unspecified atom stereocenters. The van der Waals surface area contributed by atoms with Crippen LogP contribution in [0.1, 0.15) is 18.1 Å². The lowest BCUT2D eigenvalue weighted by Crippen LogP contribution is -2.06. The molecule has 88 valence electrons. The van der Waals surface area contributed by atoms with Gasteiger partial charge < -0.3 is 0 Å². The largest absolute Gasteiger partial charge is 0.160 e. The van der Waals surface area contributed by atoms with Gasteiger partial charge in [0.1, 0.15) is 5.75 Å². The van der Waals surface area contributed by atoms with E-state index in [0.29, 0.717) is 0 Å². The summed E-state index contributed by atoms with van der Waals surface area (Å²) in [6.07, 6.45) is 0. The molecular weight excluding hydrogens is 224 g/mol. The van der Waals surface area contributed by atoms with E-state index in [4.69, 9.17) is 0 Å². The average molecular weight is 243 g/mol. The molecule has 0 aliphatic heterocycles. The van der Waals surface area contributed by atoms with E-state index < -0.39 is 0 Å². The minimum Gasteiger partial charge on any atom is -0.0543 e. The van der Waals surface area contributed by atoms with Crippen LogP contribution in [-0.4, -0.2) is 5.75 Å². The molecule has 0 bridgehead atoms. The molecular formula is C16H19S+. The standard InChI is InChI=1S/C16H19S/c1-4-17(15-9-5-13(2)6-10-15)16-11-7-14(3)8-12-16/h5-12H,4H2,1-3H3/q+1. The highest BCUT2D eigenvalue weighted by atomic mass is 32.2.